The maximum absolute atomic E-state index is 13.5. The van der Waals surface area contributed by atoms with Gasteiger partial charge in [-0.2, -0.15) is 0 Å². The molecule has 10 heteroatoms. The largest absolute Gasteiger partial charge is 0.493 e. The second-order valence-corrected chi connectivity index (χ2v) is 9.09. The number of halogens is 2. The Kier molecular flexibility index (Phi) is 9.25. The van der Waals surface area contributed by atoms with E-state index in [1.54, 1.807) is 14.2 Å². The van der Waals surface area contributed by atoms with Crippen molar-refractivity contribution in [2.45, 2.75) is 25.7 Å². The fourth-order valence-corrected chi connectivity index (χ4v) is 4.11. The van der Waals surface area contributed by atoms with Crippen molar-refractivity contribution in [2.24, 2.45) is 0 Å². The first-order valence-corrected chi connectivity index (χ1v) is 11.9. The third kappa shape index (κ3) is 7.37. The number of hydrogen-bond acceptors (Lipinski definition) is 5. The third-order valence-corrected chi connectivity index (χ3v) is 5.96. The van der Waals surface area contributed by atoms with E-state index in [9.17, 15) is 22.0 Å². The van der Waals surface area contributed by atoms with E-state index in [1.165, 1.54) is 6.07 Å². The van der Waals surface area contributed by atoms with Crippen LogP contribution in [0.1, 0.15) is 24.8 Å². The molecule has 0 saturated heterocycles. The van der Waals surface area contributed by atoms with Crippen LogP contribution >= 0.6 is 0 Å². The number of anilines is 1. The van der Waals surface area contributed by atoms with Gasteiger partial charge >= 0.3 is 0 Å². The van der Waals surface area contributed by atoms with Crippen LogP contribution in [0.3, 0.4) is 0 Å². The highest BCUT2D eigenvalue weighted by atomic mass is 32.2. The van der Waals surface area contributed by atoms with E-state index in [1.807, 2.05) is 18.2 Å². The minimum absolute atomic E-state index is 0.0155. The number of aryl methyl sites for hydroxylation is 1. The van der Waals surface area contributed by atoms with Crippen molar-refractivity contribution in [3.8, 4) is 11.5 Å². The summed E-state index contributed by atoms with van der Waals surface area (Å²) in [6, 6.07) is 8.53. The molecule has 0 aliphatic rings. The predicted octanol–water partition coefficient (Wildman–Crippen LogP) is 3.28. The van der Waals surface area contributed by atoms with Gasteiger partial charge in [0.1, 0.15) is 0 Å². The van der Waals surface area contributed by atoms with Crippen molar-refractivity contribution < 1.29 is 31.5 Å². The Morgan fingerprint density at radius 3 is 2.34 bits per heavy atom. The SMILES string of the molecule is COc1ccc(CCCNC(=O)CCCN(c2ccc(F)c(F)c2)S(C)(=O)=O)cc1OC. The van der Waals surface area contributed by atoms with E-state index in [4.69, 9.17) is 9.47 Å². The molecule has 7 nitrogen and oxygen atoms in total. The molecule has 0 heterocycles. The van der Waals surface area contributed by atoms with Gasteiger partial charge in [-0.1, -0.05) is 6.07 Å². The van der Waals surface area contributed by atoms with Crippen molar-refractivity contribution in [3.05, 3.63) is 53.6 Å². The highest BCUT2D eigenvalue weighted by Gasteiger charge is 2.19. The number of methoxy groups -OCH3 is 2. The summed E-state index contributed by atoms with van der Waals surface area (Å²) in [5.74, 6) is -1.12. The molecule has 176 valence electrons. The lowest BCUT2D eigenvalue weighted by atomic mass is 10.1. The molecule has 2 aromatic carbocycles. The molecule has 1 amide bonds. The van der Waals surface area contributed by atoms with Gasteiger partial charge in [-0.15, -0.1) is 0 Å². The second-order valence-electron chi connectivity index (χ2n) is 7.18. The maximum Gasteiger partial charge on any atom is 0.232 e. The molecule has 0 bridgehead atoms. The zero-order valence-corrected chi connectivity index (χ0v) is 19.2. The fraction of sp³-hybridized carbons (Fsp3) is 0.409. The fourth-order valence-electron chi connectivity index (χ4n) is 3.15. The number of nitrogens with zero attached hydrogens (tertiary/aromatic N) is 1. The normalized spacial score (nSPS) is 11.2. The van der Waals surface area contributed by atoms with Crippen molar-refractivity contribution in [2.75, 3.05) is 37.9 Å². The monoisotopic (exact) mass is 470 g/mol. The summed E-state index contributed by atoms with van der Waals surface area (Å²) in [6.07, 6.45) is 2.76. The molecule has 0 aromatic heterocycles. The maximum atomic E-state index is 13.5. The number of nitrogens with one attached hydrogen (secondary N) is 1. The van der Waals surface area contributed by atoms with Gasteiger partial charge in [-0.05, 0) is 49.1 Å². The van der Waals surface area contributed by atoms with Crippen LogP contribution in [-0.4, -0.2) is 47.9 Å². The summed E-state index contributed by atoms with van der Waals surface area (Å²) in [5.41, 5.74) is 1.06. The molecule has 0 atom stereocenters. The van der Waals surface area contributed by atoms with Crippen LogP contribution in [0.5, 0.6) is 11.5 Å². The average molecular weight is 471 g/mol. The molecular weight excluding hydrogens is 442 g/mol. The third-order valence-electron chi connectivity index (χ3n) is 4.77. The van der Waals surface area contributed by atoms with Gasteiger partial charge in [0.2, 0.25) is 15.9 Å². The Bertz CT molecular complexity index is 1030. The summed E-state index contributed by atoms with van der Waals surface area (Å²) in [5, 5.41) is 2.80. The van der Waals surface area contributed by atoms with Crippen molar-refractivity contribution >= 4 is 21.6 Å². The quantitative estimate of drug-likeness (QED) is 0.482. The predicted molar refractivity (Wildman–Crippen MR) is 119 cm³/mol. The topological polar surface area (TPSA) is 84.9 Å². The van der Waals surface area contributed by atoms with E-state index in [0.29, 0.717) is 24.5 Å². The van der Waals surface area contributed by atoms with Gasteiger partial charge in [0.15, 0.2) is 23.1 Å². The molecule has 0 saturated carbocycles. The Labute approximate surface area is 187 Å². The number of hydrogen-bond donors (Lipinski definition) is 1. The van der Waals surface area contributed by atoms with E-state index in [2.05, 4.69) is 5.32 Å². The van der Waals surface area contributed by atoms with Crippen LogP contribution in [0.4, 0.5) is 14.5 Å². The first-order chi connectivity index (χ1) is 15.2. The zero-order chi connectivity index (χ0) is 23.7. The molecular formula is C22H28F2N2O5S. The summed E-state index contributed by atoms with van der Waals surface area (Å²) in [4.78, 5) is 12.1. The first kappa shape index (κ1) is 25.4. The number of sulfonamides is 1. The van der Waals surface area contributed by atoms with Crippen LogP contribution in [0.2, 0.25) is 0 Å². The van der Waals surface area contributed by atoms with Crippen LogP contribution in [0, 0.1) is 11.6 Å². The standard InChI is InChI=1S/C22H28F2N2O5S/c1-30-20-11-8-16(14-21(20)31-2)6-4-12-25-22(27)7-5-13-26(32(3,28)29)17-9-10-18(23)19(24)15-17/h8-11,14-15H,4-7,12-13H2,1-3H3,(H,25,27). The molecule has 0 unspecified atom stereocenters. The molecule has 0 fully saturated rings. The Morgan fingerprint density at radius 1 is 1.00 bits per heavy atom. The van der Waals surface area contributed by atoms with Crippen molar-refractivity contribution in [1.29, 1.82) is 0 Å². The van der Waals surface area contributed by atoms with Crippen LogP contribution in [0.25, 0.3) is 0 Å². The minimum atomic E-state index is -3.71. The van der Waals surface area contributed by atoms with E-state index < -0.39 is 21.7 Å². The Balaban J connectivity index is 1.79. The minimum Gasteiger partial charge on any atom is -0.493 e. The number of carbonyl (C=O) groups excluding carboxylic acids is 1. The molecule has 0 spiro atoms. The molecule has 0 radical (unpaired) electrons. The number of carbonyl (C=O) groups is 1. The summed E-state index contributed by atoms with van der Waals surface area (Å²) >= 11 is 0. The summed E-state index contributed by atoms with van der Waals surface area (Å²) in [7, 11) is -0.576. The first-order valence-electron chi connectivity index (χ1n) is 10.1. The number of amides is 1. The number of benzene rings is 2. The second kappa shape index (κ2) is 11.7. The van der Waals surface area contributed by atoms with Gasteiger partial charge in [-0.25, -0.2) is 17.2 Å². The highest BCUT2D eigenvalue weighted by Crippen LogP contribution is 2.28. The van der Waals surface area contributed by atoms with Crippen LogP contribution in [0.15, 0.2) is 36.4 Å². The lowest BCUT2D eigenvalue weighted by Crippen LogP contribution is -2.32. The van der Waals surface area contributed by atoms with Gasteiger partial charge in [0, 0.05) is 25.6 Å². The molecule has 1 N–H and O–H groups in total. The molecule has 0 aliphatic carbocycles. The van der Waals surface area contributed by atoms with E-state index in [-0.39, 0.29) is 31.0 Å². The lowest BCUT2D eigenvalue weighted by molar-refractivity contribution is -0.121. The van der Waals surface area contributed by atoms with Crippen LogP contribution in [-0.2, 0) is 21.2 Å². The van der Waals surface area contributed by atoms with E-state index >= 15 is 0 Å². The zero-order valence-electron chi connectivity index (χ0n) is 18.4. The molecule has 32 heavy (non-hydrogen) atoms. The van der Waals surface area contributed by atoms with Gasteiger partial charge in [0.05, 0.1) is 26.2 Å². The lowest BCUT2D eigenvalue weighted by Gasteiger charge is -2.22. The Morgan fingerprint density at radius 2 is 1.72 bits per heavy atom. The van der Waals surface area contributed by atoms with Gasteiger partial charge in [0.25, 0.3) is 0 Å². The van der Waals surface area contributed by atoms with Crippen molar-refractivity contribution in [1.82, 2.24) is 5.32 Å². The molecule has 2 rings (SSSR count). The van der Waals surface area contributed by atoms with Gasteiger partial charge in [-0.3, -0.25) is 9.10 Å². The smallest absolute Gasteiger partial charge is 0.232 e. The highest BCUT2D eigenvalue weighted by molar-refractivity contribution is 7.92. The molecule has 0 aliphatic heterocycles. The van der Waals surface area contributed by atoms with Gasteiger partial charge < -0.3 is 14.8 Å². The number of ether oxygens (including phenoxy) is 2. The Hall–Kier alpha value is -2.88. The number of rotatable bonds is 12. The van der Waals surface area contributed by atoms with E-state index in [0.717, 1.165) is 34.7 Å². The summed E-state index contributed by atoms with van der Waals surface area (Å²) in [6.45, 7) is 0.440. The average Bonchev–Trinajstić information content (AvgIpc) is 2.75. The summed E-state index contributed by atoms with van der Waals surface area (Å²) < 4.78 is 62.1. The molecule has 2 aromatic rings. The van der Waals surface area contributed by atoms with Crippen LogP contribution < -0.4 is 19.1 Å². The van der Waals surface area contributed by atoms with Crippen molar-refractivity contribution in [3.63, 3.8) is 0 Å².